The average Bonchev–Trinajstić information content (AvgIpc) is 2.94. The number of hydrogen-bond donors (Lipinski definition) is 2. The van der Waals surface area contributed by atoms with Gasteiger partial charge in [0.05, 0.1) is 6.04 Å². The summed E-state index contributed by atoms with van der Waals surface area (Å²) in [6, 6.07) is 10.4. The van der Waals surface area contributed by atoms with Crippen LogP contribution in [-0.4, -0.2) is 35.7 Å². The molecule has 1 aliphatic heterocycles. The predicted molar refractivity (Wildman–Crippen MR) is 81.8 cm³/mol. The van der Waals surface area contributed by atoms with Crippen molar-refractivity contribution in [1.29, 1.82) is 0 Å². The highest BCUT2D eigenvalue weighted by molar-refractivity contribution is 5.75. The third-order valence-corrected chi connectivity index (χ3v) is 4.89. The number of likely N-dealkylation sites (tertiary alicyclic amines) is 1. The second-order valence-electron chi connectivity index (χ2n) is 6.31. The second kappa shape index (κ2) is 6.48. The van der Waals surface area contributed by atoms with Crippen molar-refractivity contribution in [2.75, 3.05) is 19.7 Å². The van der Waals surface area contributed by atoms with Crippen LogP contribution in [0.5, 0.6) is 0 Å². The van der Waals surface area contributed by atoms with Crippen LogP contribution < -0.4 is 5.32 Å². The lowest BCUT2D eigenvalue weighted by Crippen LogP contribution is -2.43. The van der Waals surface area contributed by atoms with E-state index in [1.165, 1.54) is 24.8 Å². The fourth-order valence-electron chi connectivity index (χ4n) is 3.30. The largest absolute Gasteiger partial charge is 0.396 e. The Bertz CT molecular complexity index is 473. The van der Waals surface area contributed by atoms with Gasteiger partial charge in [0.15, 0.2) is 0 Å². The van der Waals surface area contributed by atoms with E-state index >= 15 is 0 Å². The molecule has 114 valence electrons. The van der Waals surface area contributed by atoms with Crippen molar-refractivity contribution >= 4 is 6.03 Å². The highest BCUT2D eigenvalue weighted by Crippen LogP contribution is 2.37. The van der Waals surface area contributed by atoms with Crippen LogP contribution >= 0.6 is 0 Å². The van der Waals surface area contributed by atoms with Gasteiger partial charge in [0.2, 0.25) is 0 Å². The Hall–Kier alpha value is -1.55. The van der Waals surface area contributed by atoms with Gasteiger partial charge in [-0.1, -0.05) is 36.8 Å². The predicted octanol–water partition coefficient (Wildman–Crippen LogP) is 2.55. The third kappa shape index (κ3) is 3.21. The molecular formula is C17H24N2O2. The number of carbonyl (C=O) groups excluding carboxylic acids is 1. The standard InChI is InChI=1S/C17H24N2O2/c20-12-13-9-10-19(11-13)17(21)18-16(15-7-4-8-15)14-5-2-1-3-6-14/h1-3,5-6,13,15-16,20H,4,7-12H2,(H,18,21). The number of nitrogens with one attached hydrogen (secondary N) is 1. The van der Waals surface area contributed by atoms with Crippen molar-refractivity contribution in [3.8, 4) is 0 Å². The molecule has 2 aliphatic rings. The maximum absolute atomic E-state index is 12.5. The van der Waals surface area contributed by atoms with Gasteiger partial charge >= 0.3 is 6.03 Å². The Morgan fingerprint density at radius 2 is 2.05 bits per heavy atom. The molecule has 3 rings (SSSR count). The van der Waals surface area contributed by atoms with Crippen LogP contribution in [0.3, 0.4) is 0 Å². The first-order valence-electron chi connectivity index (χ1n) is 7.99. The summed E-state index contributed by atoms with van der Waals surface area (Å²) in [5.74, 6) is 0.808. The van der Waals surface area contributed by atoms with Crippen LogP contribution in [0, 0.1) is 11.8 Å². The number of hydrogen-bond acceptors (Lipinski definition) is 2. The Morgan fingerprint density at radius 1 is 1.29 bits per heavy atom. The van der Waals surface area contributed by atoms with Gasteiger partial charge in [0, 0.05) is 25.6 Å². The number of nitrogens with zero attached hydrogens (tertiary/aromatic N) is 1. The molecule has 2 unspecified atom stereocenters. The molecule has 0 radical (unpaired) electrons. The molecule has 2 N–H and O–H groups in total. The maximum Gasteiger partial charge on any atom is 0.317 e. The first kappa shape index (κ1) is 14.4. The summed E-state index contributed by atoms with van der Waals surface area (Å²) in [6.45, 7) is 1.60. The number of benzene rings is 1. The Labute approximate surface area is 126 Å². The molecule has 21 heavy (non-hydrogen) atoms. The summed E-state index contributed by atoms with van der Waals surface area (Å²) >= 11 is 0. The van der Waals surface area contributed by atoms with E-state index in [2.05, 4.69) is 17.4 Å². The van der Waals surface area contributed by atoms with E-state index in [1.807, 2.05) is 23.1 Å². The lowest BCUT2D eigenvalue weighted by molar-refractivity contribution is 0.178. The Kier molecular flexibility index (Phi) is 4.44. The van der Waals surface area contributed by atoms with Crippen LogP contribution in [-0.2, 0) is 0 Å². The van der Waals surface area contributed by atoms with Crippen molar-refractivity contribution in [1.82, 2.24) is 10.2 Å². The van der Waals surface area contributed by atoms with Crippen LogP contribution in [0.2, 0.25) is 0 Å². The van der Waals surface area contributed by atoms with Gasteiger partial charge in [-0.25, -0.2) is 4.79 Å². The van der Waals surface area contributed by atoms with E-state index in [0.717, 1.165) is 13.0 Å². The lowest BCUT2D eigenvalue weighted by atomic mass is 9.77. The van der Waals surface area contributed by atoms with E-state index in [-0.39, 0.29) is 24.6 Å². The molecule has 2 fully saturated rings. The lowest BCUT2D eigenvalue weighted by Gasteiger charge is -2.35. The van der Waals surface area contributed by atoms with Gasteiger partial charge in [-0.2, -0.15) is 0 Å². The number of carbonyl (C=O) groups is 1. The first-order chi connectivity index (χ1) is 10.3. The number of amides is 2. The van der Waals surface area contributed by atoms with Crippen molar-refractivity contribution in [3.05, 3.63) is 35.9 Å². The number of aliphatic hydroxyl groups is 1. The first-order valence-corrected chi connectivity index (χ1v) is 7.99. The van der Waals surface area contributed by atoms with E-state index in [0.29, 0.717) is 12.5 Å². The quantitative estimate of drug-likeness (QED) is 0.894. The minimum absolute atomic E-state index is 0.0201. The number of aliphatic hydroxyl groups excluding tert-OH is 1. The van der Waals surface area contributed by atoms with Crippen molar-refractivity contribution in [2.45, 2.75) is 31.7 Å². The molecule has 0 bridgehead atoms. The van der Waals surface area contributed by atoms with E-state index < -0.39 is 0 Å². The van der Waals surface area contributed by atoms with Crippen molar-refractivity contribution in [3.63, 3.8) is 0 Å². The van der Waals surface area contributed by atoms with Gasteiger partial charge in [-0.15, -0.1) is 0 Å². The Morgan fingerprint density at radius 3 is 2.62 bits per heavy atom. The monoisotopic (exact) mass is 288 g/mol. The third-order valence-electron chi connectivity index (χ3n) is 4.89. The number of rotatable bonds is 4. The van der Waals surface area contributed by atoms with Gasteiger partial charge < -0.3 is 15.3 Å². The minimum Gasteiger partial charge on any atom is -0.396 e. The summed E-state index contributed by atoms with van der Waals surface area (Å²) in [7, 11) is 0. The summed E-state index contributed by atoms with van der Waals surface area (Å²) in [5, 5.41) is 12.4. The fraction of sp³-hybridized carbons (Fsp3) is 0.588. The van der Waals surface area contributed by atoms with Crippen LogP contribution in [0.15, 0.2) is 30.3 Å². The molecule has 0 aromatic heterocycles. The SMILES string of the molecule is O=C(NC(c1ccccc1)C1CCC1)N1CCC(CO)C1. The molecular weight excluding hydrogens is 264 g/mol. The molecule has 0 spiro atoms. The van der Waals surface area contributed by atoms with Gasteiger partial charge in [0.1, 0.15) is 0 Å². The molecule has 1 heterocycles. The molecule has 1 saturated heterocycles. The van der Waals surface area contributed by atoms with Gasteiger partial charge in [-0.3, -0.25) is 0 Å². The van der Waals surface area contributed by atoms with Crippen molar-refractivity contribution in [2.24, 2.45) is 11.8 Å². The zero-order valence-corrected chi connectivity index (χ0v) is 12.4. The summed E-state index contributed by atoms with van der Waals surface area (Å²) < 4.78 is 0. The van der Waals surface area contributed by atoms with E-state index in [4.69, 9.17) is 0 Å². The van der Waals surface area contributed by atoms with Crippen LogP contribution in [0.4, 0.5) is 4.79 Å². The van der Waals surface area contributed by atoms with Crippen molar-refractivity contribution < 1.29 is 9.90 Å². The highest BCUT2D eigenvalue weighted by Gasteiger charge is 2.32. The zero-order valence-electron chi connectivity index (χ0n) is 12.4. The molecule has 1 aromatic carbocycles. The number of urea groups is 1. The molecule has 2 amide bonds. The summed E-state index contributed by atoms with van der Waals surface area (Å²) in [6.07, 6.45) is 4.56. The zero-order chi connectivity index (χ0) is 14.7. The summed E-state index contributed by atoms with van der Waals surface area (Å²) in [5.41, 5.74) is 1.20. The fourth-order valence-corrected chi connectivity index (χ4v) is 3.30. The van der Waals surface area contributed by atoms with Crippen LogP contribution in [0.25, 0.3) is 0 Å². The maximum atomic E-state index is 12.5. The average molecular weight is 288 g/mol. The Balaban J connectivity index is 1.66. The minimum atomic E-state index is 0.0201. The normalized spacial score (nSPS) is 23.7. The second-order valence-corrected chi connectivity index (χ2v) is 6.31. The molecule has 1 saturated carbocycles. The van der Waals surface area contributed by atoms with E-state index in [9.17, 15) is 9.90 Å². The van der Waals surface area contributed by atoms with Gasteiger partial charge in [0.25, 0.3) is 0 Å². The molecule has 4 heteroatoms. The molecule has 2 atom stereocenters. The van der Waals surface area contributed by atoms with Gasteiger partial charge in [-0.05, 0) is 30.7 Å². The molecule has 1 aliphatic carbocycles. The molecule has 4 nitrogen and oxygen atoms in total. The van der Waals surface area contributed by atoms with E-state index in [1.54, 1.807) is 0 Å². The van der Waals surface area contributed by atoms with Crippen LogP contribution in [0.1, 0.15) is 37.3 Å². The summed E-state index contributed by atoms with van der Waals surface area (Å²) in [4.78, 5) is 14.3. The smallest absolute Gasteiger partial charge is 0.317 e. The highest BCUT2D eigenvalue weighted by atomic mass is 16.3. The molecule has 1 aromatic rings. The topological polar surface area (TPSA) is 52.6 Å².